The molecule has 0 atom stereocenters. The van der Waals surface area contributed by atoms with Gasteiger partial charge in [-0.3, -0.25) is 14.6 Å². The van der Waals surface area contributed by atoms with Gasteiger partial charge in [0.05, 0.1) is 6.54 Å². The van der Waals surface area contributed by atoms with E-state index in [4.69, 9.17) is 4.74 Å². The van der Waals surface area contributed by atoms with Gasteiger partial charge in [-0.15, -0.1) is 0 Å². The summed E-state index contributed by atoms with van der Waals surface area (Å²) in [6, 6.07) is 11.0. The molecule has 1 heterocycles. The lowest BCUT2D eigenvalue weighted by Gasteiger charge is -2.19. The zero-order valence-electron chi connectivity index (χ0n) is 15.6. The minimum Gasteiger partial charge on any atom is -0.452 e. The van der Waals surface area contributed by atoms with E-state index in [0.717, 1.165) is 11.1 Å². The maximum Gasteiger partial charge on any atom is 0.286 e. The molecule has 0 fully saturated rings. The van der Waals surface area contributed by atoms with Crippen molar-refractivity contribution in [2.24, 2.45) is 0 Å². The first-order chi connectivity index (χ1) is 12.2. The molecule has 0 bridgehead atoms. The molecule has 0 aliphatic carbocycles. The van der Waals surface area contributed by atoms with Crippen molar-refractivity contribution in [3.05, 3.63) is 71.8 Å². The number of carbonyl (C=O) groups excluding carboxylic acids is 2. The van der Waals surface area contributed by atoms with Crippen LogP contribution < -0.4 is 10.1 Å². The number of ether oxygens (including phenoxy) is 1. The third kappa shape index (κ3) is 5.02. The fraction of sp³-hybridized carbons (Fsp3) is 0.286. The maximum absolute atomic E-state index is 12.1. The molecule has 0 aliphatic heterocycles. The molecule has 0 unspecified atom stereocenters. The van der Waals surface area contributed by atoms with Crippen molar-refractivity contribution in [2.75, 3.05) is 6.54 Å². The third-order valence-electron chi connectivity index (χ3n) is 3.90. The van der Waals surface area contributed by atoms with Crippen LogP contribution in [0.3, 0.4) is 0 Å². The van der Waals surface area contributed by atoms with Gasteiger partial charge in [0, 0.05) is 6.20 Å². The molecule has 0 aliphatic rings. The number of hydrogen-bond acceptors (Lipinski definition) is 4. The average Bonchev–Trinajstić information content (AvgIpc) is 2.59. The largest absolute Gasteiger partial charge is 0.452 e. The number of aromatic nitrogens is 1. The van der Waals surface area contributed by atoms with E-state index in [2.05, 4.69) is 37.7 Å². The number of aryl methyl sites for hydroxylation is 1. The van der Waals surface area contributed by atoms with E-state index in [1.807, 2.05) is 12.1 Å². The fourth-order valence-electron chi connectivity index (χ4n) is 2.33. The van der Waals surface area contributed by atoms with E-state index in [1.165, 1.54) is 0 Å². The van der Waals surface area contributed by atoms with Gasteiger partial charge in [0.15, 0.2) is 5.76 Å². The fourth-order valence-corrected chi connectivity index (χ4v) is 2.33. The van der Waals surface area contributed by atoms with Crippen LogP contribution in [0.25, 0.3) is 0 Å². The van der Waals surface area contributed by atoms with Crippen LogP contribution in [0.1, 0.15) is 42.4 Å². The SMILES string of the molecule is C=C(Oc1ccc(C(C)(C)C)cc1)C(=O)NCC(=O)c1ncccc1C. The molecule has 0 spiro atoms. The van der Waals surface area contributed by atoms with Gasteiger partial charge in [-0.2, -0.15) is 0 Å². The molecule has 1 N–H and O–H groups in total. The van der Waals surface area contributed by atoms with Gasteiger partial charge in [0.2, 0.25) is 5.78 Å². The van der Waals surface area contributed by atoms with Crippen molar-refractivity contribution < 1.29 is 14.3 Å². The molecule has 0 saturated heterocycles. The number of amides is 1. The Labute approximate surface area is 154 Å². The van der Waals surface area contributed by atoms with E-state index in [9.17, 15) is 9.59 Å². The van der Waals surface area contributed by atoms with Crippen LogP contribution in [0.15, 0.2) is 54.9 Å². The minimum absolute atomic E-state index is 0.0386. The Balaban J connectivity index is 1.91. The molecule has 1 aromatic heterocycles. The molecule has 5 heteroatoms. The number of benzene rings is 1. The predicted molar refractivity (Wildman–Crippen MR) is 101 cm³/mol. The molecule has 1 aromatic carbocycles. The summed E-state index contributed by atoms with van der Waals surface area (Å²) in [6.07, 6.45) is 1.55. The van der Waals surface area contributed by atoms with Crippen molar-refractivity contribution >= 4 is 11.7 Å². The second-order valence-corrected chi connectivity index (χ2v) is 7.07. The van der Waals surface area contributed by atoms with Gasteiger partial charge in [0.1, 0.15) is 11.4 Å². The van der Waals surface area contributed by atoms with Crippen LogP contribution in [0.4, 0.5) is 0 Å². The number of nitrogens with one attached hydrogen (secondary N) is 1. The van der Waals surface area contributed by atoms with Crippen molar-refractivity contribution in [1.82, 2.24) is 10.3 Å². The lowest BCUT2D eigenvalue weighted by atomic mass is 9.87. The summed E-state index contributed by atoms with van der Waals surface area (Å²) in [5.41, 5.74) is 2.31. The number of ketones is 1. The van der Waals surface area contributed by atoms with Crippen LogP contribution in [0, 0.1) is 6.92 Å². The van der Waals surface area contributed by atoms with E-state index in [-0.39, 0.29) is 23.5 Å². The molecule has 5 nitrogen and oxygen atoms in total. The average molecular weight is 352 g/mol. The minimum atomic E-state index is -0.535. The normalized spacial score (nSPS) is 10.9. The summed E-state index contributed by atoms with van der Waals surface area (Å²) in [5, 5.41) is 2.51. The van der Waals surface area contributed by atoms with Crippen LogP contribution in [-0.4, -0.2) is 23.2 Å². The molecule has 0 saturated carbocycles. The van der Waals surface area contributed by atoms with Crippen LogP contribution in [0.2, 0.25) is 0 Å². The Bertz CT molecular complexity index is 818. The van der Waals surface area contributed by atoms with Gasteiger partial charge < -0.3 is 10.1 Å². The molecular weight excluding hydrogens is 328 g/mol. The van der Waals surface area contributed by atoms with Crippen molar-refractivity contribution in [3.63, 3.8) is 0 Å². The van der Waals surface area contributed by atoms with E-state index in [0.29, 0.717) is 11.4 Å². The summed E-state index contributed by atoms with van der Waals surface area (Å²) < 4.78 is 5.47. The summed E-state index contributed by atoms with van der Waals surface area (Å²) >= 11 is 0. The number of nitrogens with zero attached hydrogens (tertiary/aromatic N) is 1. The first-order valence-corrected chi connectivity index (χ1v) is 8.39. The molecule has 1 amide bonds. The highest BCUT2D eigenvalue weighted by Crippen LogP contribution is 2.24. The van der Waals surface area contributed by atoms with E-state index in [1.54, 1.807) is 37.4 Å². The van der Waals surface area contributed by atoms with Crippen molar-refractivity contribution in [2.45, 2.75) is 33.1 Å². The standard InChI is InChI=1S/C21H24N2O3/c1-14-7-6-12-22-19(14)18(24)13-23-20(25)15(2)26-17-10-8-16(9-11-17)21(3,4)5/h6-12H,2,13H2,1,3-5H3,(H,23,25). The Hall–Kier alpha value is -2.95. The summed E-state index contributed by atoms with van der Waals surface area (Å²) in [7, 11) is 0. The Morgan fingerprint density at radius 3 is 2.38 bits per heavy atom. The van der Waals surface area contributed by atoms with E-state index < -0.39 is 5.91 Å². The number of pyridine rings is 1. The summed E-state index contributed by atoms with van der Waals surface area (Å²) in [4.78, 5) is 28.3. The number of rotatable bonds is 6. The highest BCUT2D eigenvalue weighted by atomic mass is 16.5. The predicted octanol–water partition coefficient (Wildman–Crippen LogP) is 3.58. The molecule has 26 heavy (non-hydrogen) atoms. The number of hydrogen-bond donors (Lipinski definition) is 1. The first kappa shape index (κ1) is 19.4. The monoisotopic (exact) mass is 352 g/mol. The van der Waals surface area contributed by atoms with Crippen LogP contribution in [0.5, 0.6) is 5.75 Å². The highest BCUT2D eigenvalue weighted by molar-refractivity contribution is 6.00. The zero-order valence-corrected chi connectivity index (χ0v) is 15.6. The first-order valence-electron chi connectivity index (χ1n) is 8.39. The maximum atomic E-state index is 12.1. The van der Waals surface area contributed by atoms with Gasteiger partial charge in [-0.05, 0) is 41.7 Å². The van der Waals surface area contributed by atoms with Crippen molar-refractivity contribution in [3.8, 4) is 5.75 Å². The van der Waals surface area contributed by atoms with Crippen LogP contribution in [-0.2, 0) is 10.2 Å². The van der Waals surface area contributed by atoms with E-state index >= 15 is 0 Å². The molecule has 2 rings (SSSR count). The Morgan fingerprint density at radius 1 is 1.15 bits per heavy atom. The molecule has 136 valence electrons. The topological polar surface area (TPSA) is 68.3 Å². The number of carbonyl (C=O) groups is 2. The highest BCUT2D eigenvalue weighted by Gasteiger charge is 2.16. The smallest absolute Gasteiger partial charge is 0.286 e. The molecule has 0 radical (unpaired) electrons. The second-order valence-electron chi connectivity index (χ2n) is 7.07. The lowest BCUT2D eigenvalue weighted by Crippen LogP contribution is -2.32. The van der Waals surface area contributed by atoms with Gasteiger partial charge in [-0.1, -0.05) is 45.5 Å². The Morgan fingerprint density at radius 2 is 1.81 bits per heavy atom. The van der Waals surface area contributed by atoms with Crippen molar-refractivity contribution in [1.29, 1.82) is 0 Å². The van der Waals surface area contributed by atoms with Gasteiger partial charge in [-0.25, -0.2) is 0 Å². The second kappa shape index (κ2) is 7.95. The zero-order chi connectivity index (χ0) is 19.3. The summed E-state index contributed by atoms with van der Waals surface area (Å²) in [5.74, 6) is -0.352. The lowest BCUT2D eigenvalue weighted by molar-refractivity contribution is -0.119. The molecular formula is C21H24N2O3. The number of Topliss-reactive ketones (excluding diaryl/α,β-unsaturated/α-hetero) is 1. The van der Waals surface area contributed by atoms with Gasteiger partial charge in [0.25, 0.3) is 5.91 Å². The third-order valence-corrected chi connectivity index (χ3v) is 3.90. The Kier molecular flexibility index (Phi) is 5.93. The van der Waals surface area contributed by atoms with Crippen LogP contribution >= 0.6 is 0 Å². The quantitative estimate of drug-likeness (QED) is 0.490. The summed E-state index contributed by atoms with van der Waals surface area (Å²) in [6.45, 7) is 11.6. The molecule has 2 aromatic rings. The van der Waals surface area contributed by atoms with Gasteiger partial charge >= 0.3 is 0 Å².